The molecular formula is C52H35N. The van der Waals surface area contributed by atoms with E-state index < -0.39 is 0 Å². The highest BCUT2D eigenvalue weighted by Crippen LogP contribution is 2.43. The predicted octanol–water partition coefficient (Wildman–Crippen LogP) is 14.8. The molecule has 0 aliphatic rings. The molecule has 10 aromatic rings. The molecule has 1 nitrogen and oxygen atoms in total. The van der Waals surface area contributed by atoms with Gasteiger partial charge < -0.3 is 4.90 Å². The van der Waals surface area contributed by atoms with Gasteiger partial charge in [-0.2, -0.15) is 0 Å². The van der Waals surface area contributed by atoms with Gasteiger partial charge in [-0.15, -0.1) is 0 Å². The zero-order chi connectivity index (χ0) is 35.1. The molecular weight excluding hydrogens is 639 g/mol. The minimum absolute atomic E-state index is 1.10. The molecule has 0 spiro atoms. The van der Waals surface area contributed by atoms with Crippen LogP contribution in [0.25, 0.3) is 76.5 Å². The van der Waals surface area contributed by atoms with E-state index in [1.165, 1.54) is 76.5 Å². The molecule has 0 N–H and O–H groups in total. The molecule has 0 aliphatic heterocycles. The Morgan fingerprint density at radius 2 is 0.755 bits per heavy atom. The van der Waals surface area contributed by atoms with E-state index in [1.54, 1.807) is 0 Å². The van der Waals surface area contributed by atoms with Gasteiger partial charge in [0, 0.05) is 16.9 Å². The molecule has 0 fully saturated rings. The van der Waals surface area contributed by atoms with Crippen LogP contribution < -0.4 is 4.90 Å². The van der Waals surface area contributed by atoms with Crippen LogP contribution in [0.2, 0.25) is 0 Å². The summed E-state index contributed by atoms with van der Waals surface area (Å²) in [7, 11) is 0. The average molecular weight is 674 g/mol. The highest BCUT2D eigenvalue weighted by molar-refractivity contribution is 6.23. The van der Waals surface area contributed by atoms with Crippen LogP contribution >= 0.6 is 0 Å². The Bertz CT molecular complexity index is 2920. The summed E-state index contributed by atoms with van der Waals surface area (Å²) in [4.78, 5) is 2.39. The fraction of sp³-hybridized carbons (Fsp3) is 0. The van der Waals surface area contributed by atoms with Crippen LogP contribution in [0.5, 0.6) is 0 Å². The Labute approximate surface area is 309 Å². The van der Waals surface area contributed by atoms with Gasteiger partial charge >= 0.3 is 0 Å². The second kappa shape index (κ2) is 13.0. The van der Waals surface area contributed by atoms with E-state index in [9.17, 15) is 0 Å². The Morgan fingerprint density at radius 1 is 0.264 bits per heavy atom. The molecule has 0 aromatic heterocycles. The van der Waals surface area contributed by atoms with E-state index in [-0.39, 0.29) is 0 Å². The Balaban J connectivity index is 1.11. The van der Waals surface area contributed by atoms with Crippen LogP contribution in [0.1, 0.15) is 0 Å². The van der Waals surface area contributed by atoms with Crippen molar-refractivity contribution in [3.05, 3.63) is 212 Å². The largest absolute Gasteiger partial charge is 0.310 e. The second-order valence-electron chi connectivity index (χ2n) is 13.7. The van der Waals surface area contributed by atoms with Crippen LogP contribution in [0.4, 0.5) is 17.1 Å². The third-order valence-corrected chi connectivity index (χ3v) is 10.6. The lowest BCUT2D eigenvalue weighted by atomic mass is 9.90. The van der Waals surface area contributed by atoms with Crippen LogP contribution in [-0.2, 0) is 0 Å². The molecule has 248 valence electrons. The van der Waals surface area contributed by atoms with E-state index in [0.717, 1.165) is 17.1 Å². The first-order chi connectivity index (χ1) is 26.3. The molecule has 0 unspecified atom stereocenters. The Hall–Kier alpha value is -6.96. The molecule has 0 heterocycles. The molecule has 10 rings (SSSR count). The topological polar surface area (TPSA) is 3.24 Å². The number of nitrogens with zero attached hydrogens (tertiary/aromatic N) is 1. The molecule has 0 saturated heterocycles. The fourth-order valence-corrected chi connectivity index (χ4v) is 8.13. The van der Waals surface area contributed by atoms with Gasteiger partial charge in [-0.25, -0.2) is 0 Å². The van der Waals surface area contributed by atoms with Crippen molar-refractivity contribution in [2.75, 3.05) is 4.90 Å². The van der Waals surface area contributed by atoms with Crippen LogP contribution in [0.15, 0.2) is 212 Å². The van der Waals surface area contributed by atoms with Gasteiger partial charge in [0.15, 0.2) is 0 Å². The van der Waals surface area contributed by atoms with Crippen molar-refractivity contribution >= 4 is 60.2 Å². The molecule has 0 atom stereocenters. The third-order valence-electron chi connectivity index (χ3n) is 10.6. The van der Waals surface area contributed by atoms with Gasteiger partial charge in [0.1, 0.15) is 0 Å². The van der Waals surface area contributed by atoms with Gasteiger partial charge in [0.05, 0.1) is 5.69 Å². The Kier molecular flexibility index (Phi) is 7.55. The molecule has 1 heteroatoms. The third kappa shape index (κ3) is 5.42. The van der Waals surface area contributed by atoms with Crippen LogP contribution in [0, 0.1) is 0 Å². The molecule has 0 amide bonds. The zero-order valence-corrected chi connectivity index (χ0v) is 29.2. The van der Waals surface area contributed by atoms with Crippen LogP contribution in [0.3, 0.4) is 0 Å². The quantitative estimate of drug-likeness (QED) is 0.159. The fourth-order valence-electron chi connectivity index (χ4n) is 8.13. The number of rotatable bonds is 6. The highest BCUT2D eigenvalue weighted by Gasteiger charge is 2.18. The maximum Gasteiger partial charge on any atom is 0.0540 e. The predicted molar refractivity (Wildman–Crippen MR) is 227 cm³/mol. The smallest absolute Gasteiger partial charge is 0.0540 e. The minimum atomic E-state index is 1.10. The first-order valence-corrected chi connectivity index (χ1v) is 18.3. The number of anilines is 3. The van der Waals surface area contributed by atoms with Crippen molar-refractivity contribution < 1.29 is 0 Å². The van der Waals surface area contributed by atoms with Crippen molar-refractivity contribution in [1.29, 1.82) is 0 Å². The molecule has 0 radical (unpaired) electrons. The van der Waals surface area contributed by atoms with Gasteiger partial charge in [-0.05, 0) is 107 Å². The molecule has 0 bridgehead atoms. The molecule has 0 aliphatic carbocycles. The summed E-state index contributed by atoms with van der Waals surface area (Å²) in [6.45, 7) is 0. The first kappa shape index (κ1) is 30.8. The molecule has 0 saturated carbocycles. The molecule has 10 aromatic carbocycles. The normalized spacial score (nSPS) is 11.4. The summed E-state index contributed by atoms with van der Waals surface area (Å²) in [5, 5.41) is 10.2. The van der Waals surface area contributed by atoms with Gasteiger partial charge in [-0.3, -0.25) is 0 Å². The molecule has 53 heavy (non-hydrogen) atoms. The van der Waals surface area contributed by atoms with Gasteiger partial charge in [-0.1, -0.05) is 176 Å². The maximum absolute atomic E-state index is 2.39. The van der Waals surface area contributed by atoms with Crippen molar-refractivity contribution in [2.24, 2.45) is 0 Å². The standard InChI is InChI=1S/C52H35N/c1-2-13-37(14-3-1)46-19-10-11-24-51(46)53(42-31-27-39(28-32-42)45-23-12-17-36-15-4-6-18-44(36)45)43-33-29-40(30-34-43)50-35-41-26-25-38-16-5-7-20-47(38)52(41)49-22-9-8-21-48(49)50/h1-35H. The van der Waals surface area contributed by atoms with Crippen molar-refractivity contribution in [3.8, 4) is 33.4 Å². The lowest BCUT2D eigenvalue weighted by molar-refractivity contribution is 1.28. The van der Waals surface area contributed by atoms with Crippen molar-refractivity contribution in [1.82, 2.24) is 0 Å². The zero-order valence-electron chi connectivity index (χ0n) is 29.2. The summed E-state index contributed by atoms with van der Waals surface area (Å²) < 4.78 is 0. The highest BCUT2D eigenvalue weighted by atomic mass is 15.1. The van der Waals surface area contributed by atoms with Gasteiger partial charge in [0.2, 0.25) is 0 Å². The number of fused-ring (bicyclic) bond motifs is 6. The first-order valence-electron chi connectivity index (χ1n) is 18.3. The second-order valence-corrected chi connectivity index (χ2v) is 13.7. The monoisotopic (exact) mass is 673 g/mol. The van der Waals surface area contributed by atoms with E-state index in [0.29, 0.717) is 0 Å². The van der Waals surface area contributed by atoms with Crippen LogP contribution in [-0.4, -0.2) is 0 Å². The summed E-state index contributed by atoms with van der Waals surface area (Å²) in [5.74, 6) is 0. The van der Waals surface area contributed by atoms with E-state index in [2.05, 4.69) is 217 Å². The van der Waals surface area contributed by atoms with E-state index in [1.807, 2.05) is 0 Å². The van der Waals surface area contributed by atoms with Gasteiger partial charge in [0.25, 0.3) is 0 Å². The number of benzene rings is 10. The summed E-state index contributed by atoms with van der Waals surface area (Å²) in [6, 6.07) is 77.2. The average Bonchev–Trinajstić information content (AvgIpc) is 3.24. The maximum atomic E-state index is 2.39. The minimum Gasteiger partial charge on any atom is -0.310 e. The SMILES string of the molecule is c1ccc(-c2ccccc2N(c2ccc(-c3cccc4ccccc34)cc2)c2ccc(-c3cc4ccc5ccccc5c4c4ccccc34)cc2)cc1. The summed E-state index contributed by atoms with van der Waals surface area (Å²) in [6.07, 6.45) is 0. The van der Waals surface area contributed by atoms with Crippen molar-refractivity contribution in [2.45, 2.75) is 0 Å². The summed E-state index contributed by atoms with van der Waals surface area (Å²) >= 11 is 0. The summed E-state index contributed by atoms with van der Waals surface area (Å²) in [5.41, 5.74) is 10.6. The number of para-hydroxylation sites is 1. The Morgan fingerprint density at radius 3 is 1.49 bits per heavy atom. The number of hydrogen-bond donors (Lipinski definition) is 0. The number of hydrogen-bond acceptors (Lipinski definition) is 1. The lowest BCUT2D eigenvalue weighted by Crippen LogP contribution is -2.11. The lowest BCUT2D eigenvalue weighted by Gasteiger charge is -2.28. The van der Waals surface area contributed by atoms with E-state index in [4.69, 9.17) is 0 Å². The van der Waals surface area contributed by atoms with Crippen molar-refractivity contribution in [3.63, 3.8) is 0 Å². The van der Waals surface area contributed by atoms with E-state index >= 15 is 0 Å².